The third-order valence-corrected chi connectivity index (χ3v) is 4.10. The molecule has 130 valence electrons. The van der Waals surface area contributed by atoms with Crippen molar-refractivity contribution in [3.8, 4) is 0 Å². The van der Waals surface area contributed by atoms with Crippen LogP contribution < -0.4 is 10.2 Å². The minimum absolute atomic E-state index is 0.187. The lowest BCUT2D eigenvalue weighted by atomic mass is 9.89. The molecule has 24 heavy (non-hydrogen) atoms. The third kappa shape index (κ3) is 3.90. The van der Waals surface area contributed by atoms with Gasteiger partial charge in [0.1, 0.15) is 11.9 Å². The normalized spacial score (nSPS) is 18.4. The first-order valence-electron chi connectivity index (χ1n) is 7.81. The first kappa shape index (κ1) is 17.9. The zero-order chi connectivity index (χ0) is 17.9. The topological polar surface area (TPSA) is 86.7 Å². The molecule has 1 unspecified atom stereocenters. The molecule has 2 rings (SSSR count). The Morgan fingerprint density at radius 3 is 2.67 bits per heavy atom. The van der Waals surface area contributed by atoms with Gasteiger partial charge in [-0.1, -0.05) is 12.1 Å². The van der Waals surface area contributed by atoms with Crippen LogP contribution in [0.3, 0.4) is 0 Å². The van der Waals surface area contributed by atoms with E-state index in [1.54, 1.807) is 12.1 Å². The molecular weight excluding hydrogens is 315 g/mol. The van der Waals surface area contributed by atoms with Gasteiger partial charge in [0.05, 0.1) is 11.1 Å². The number of aliphatic carboxylic acids is 1. The number of rotatable bonds is 5. The van der Waals surface area contributed by atoms with Crippen LogP contribution in [0.25, 0.3) is 0 Å². The number of hydrogen-bond acceptors (Lipinski definition) is 3. The van der Waals surface area contributed by atoms with E-state index in [0.29, 0.717) is 19.4 Å². The zero-order valence-electron chi connectivity index (χ0n) is 13.7. The second-order valence-corrected chi connectivity index (χ2v) is 6.57. The van der Waals surface area contributed by atoms with E-state index in [0.717, 1.165) is 0 Å². The number of anilines is 1. The van der Waals surface area contributed by atoms with E-state index in [-0.39, 0.29) is 18.0 Å². The number of nitrogens with one attached hydrogen (secondary N) is 1. The molecule has 1 aromatic rings. The van der Waals surface area contributed by atoms with E-state index >= 15 is 0 Å². The van der Waals surface area contributed by atoms with Crippen molar-refractivity contribution in [1.82, 2.24) is 5.32 Å². The van der Waals surface area contributed by atoms with E-state index < -0.39 is 29.2 Å². The smallest absolute Gasteiger partial charge is 0.309 e. The van der Waals surface area contributed by atoms with E-state index in [4.69, 9.17) is 5.11 Å². The third-order valence-electron chi connectivity index (χ3n) is 4.10. The number of carboxylic acids is 1. The Morgan fingerprint density at radius 2 is 2.04 bits per heavy atom. The molecule has 0 bridgehead atoms. The van der Waals surface area contributed by atoms with Gasteiger partial charge < -0.3 is 15.3 Å². The molecule has 6 nitrogen and oxygen atoms in total. The van der Waals surface area contributed by atoms with Crippen molar-refractivity contribution >= 4 is 23.5 Å². The fraction of sp³-hybridized carbons (Fsp3) is 0.471. The summed E-state index contributed by atoms with van der Waals surface area (Å²) in [6, 6.07) is 5.21. The minimum Gasteiger partial charge on any atom is -0.481 e. The summed E-state index contributed by atoms with van der Waals surface area (Å²) in [5.41, 5.74) is -1.03. The largest absolute Gasteiger partial charge is 0.481 e. The highest BCUT2D eigenvalue weighted by Gasteiger charge is 2.35. The number of amides is 2. The highest BCUT2D eigenvalue weighted by atomic mass is 19.1. The van der Waals surface area contributed by atoms with Crippen LogP contribution in [0.1, 0.15) is 33.1 Å². The molecule has 1 aliphatic rings. The van der Waals surface area contributed by atoms with Crippen LogP contribution in [0.5, 0.6) is 0 Å². The van der Waals surface area contributed by atoms with Gasteiger partial charge in [0.2, 0.25) is 11.8 Å². The Labute approximate surface area is 139 Å². The number of nitrogens with zero attached hydrogens (tertiary/aromatic N) is 1. The van der Waals surface area contributed by atoms with Crippen molar-refractivity contribution in [2.75, 3.05) is 11.4 Å². The molecule has 0 saturated carbocycles. The van der Waals surface area contributed by atoms with Crippen LogP contribution in [0.2, 0.25) is 0 Å². The van der Waals surface area contributed by atoms with E-state index in [2.05, 4.69) is 5.32 Å². The van der Waals surface area contributed by atoms with Crippen molar-refractivity contribution in [1.29, 1.82) is 0 Å². The monoisotopic (exact) mass is 336 g/mol. The maximum absolute atomic E-state index is 13.9. The molecule has 0 spiro atoms. The van der Waals surface area contributed by atoms with Crippen LogP contribution in [-0.2, 0) is 14.4 Å². The van der Waals surface area contributed by atoms with Crippen LogP contribution in [0.15, 0.2) is 24.3 Å². The molecule has 1 heterocycles. The van der Waals surface area contributed by atoms with Gasteiger partial charge >= 0.3 is 5.97 Å². The van der Waals surface area contributed by atoms with E-state index in [9.17, 15) is 18.8 Å². The predicted octanol–water partition coefficient (Wildman–Crippen LogP) is 1.94. The summed E-state index contributed by atoms with van der Waals surface area (Å²) in [5, 5.41) is 11.7. The number of carbonyl (C=O) groups excluding carboxylic acids is 2. The SMILES string of the molecule is CC(C)(CC(=O)NC1CCCN(c2ccccc2F)C1=O)C(=O)O. The molecule has 1 fully saturated rings. The van der Waals surface area contributed by atoms with Gasteiger partial charge in [0, 0.05) is 13.0 Å². The average molecular weight is 336 g/mol. The molecule has 0 radical (unpaired) electrons. The molecule has 1 atom stereocenters. The molecule has 2 amide bonds. The molecule has 7 heteroatoms. The molecule has 2 N–H and O–H groups in total. The number of carbonyl (C=O) groups is 3. The minimum atomic E-state index is -1.22. The van der Waals surface area contributed by atoms with Gasteiger partial charge in [-0.15, -0.1) is 0 Å². The Bertz CT molecular complexity index is 660. The second kappa shape index (κ2) is 6.98. The Hall–Kier alpha value is -2.44. The van der Waals surface area contributed by atoms with Crippen molar-refractivity contribution in [3.05, 3.63) is 30.1 Å². The van der Waals surface area contributed by atoms with Crippen molar-refractivity contribution in [2.45, 2.75) is 39.2 Å². The van der Waals surface area contributed by atoms with E-state index in [1.807, 2.05) is 0 Å². The predicted molar refractivity (Wildman–Crippen MR) is 86.0 cm³/mol. The summed E-state index contributed by atoms with van der Waals surface area (Å²) in [5.74, 6) is -2.46. The second-order valence-electron chi connectivity index (χ2n) is 6.57. The van der Waals surface area contributed by atoms with Gasteiger partial charge in [-0.3, -0.25) is 14.4 Å². The number of benzene rings is 1. The quantitative estimate of drug-likeness (QED) is 0.860. The first-order valence-corrected chi connectivity index (χ1v) is 7.81. The molecule has 0 aromatic heterocycles. The number of piperidine rings is 1. The summed E-state index contributed by atoms with van der Waals surface area (Å²) in [4.78, 5) is 37.0. The van der Waals surface area contributed by atoms with Crippen LogP contribution in [-0.4, -0.2) is 35.5 Å². The Kier molecular flexibility index (Phi) is 5.21. The molecule has 0 aliphatic carbocycles. The van der Waals surface area contributed by atoms with Crippen LogP contribution in [0.4, 0.5) is 10.1 Å². The number of carboxylic acid groups (broad SMARTS) is 1. The van der Waals surface area contributed by atoms with Crippen molar-refractivity contribution < 1.29 is 23.9 Å². The van der Waals surface area contributed by atoms with Crippen LogP contribution >= 0.6 is 0 Å². The summed E-state index contributed by atoms with van der Waals surface area (Å²) in [7, 11) is 0. The molecule has 1 saturated heterocycles. The fourth-order valence-electron chi connectivity index (χ4n) is 2.64. The van der Waals surface area contributed by atoms with Crippen LogP contribution in [0, 0.1) is 11.2 Å². The van der Waals surface area contributed by atoms with E-state index in [1.165, 1.54) is 30.9 Å². The Morgan fingerprint density at radius 1 is 1.38 bits per heavy atom. The zero-order valence-corrected chi connectivity index (χ0v) is 13.7. The maximum atomic E-state index is 13.9. The Balaban J connectivity index is 2.07. The number of para-hydroxylation sites is 1. The van der Waals surface area contributed by atoms with Gasteiger partial charge in [-0.25, -0.2) is 4.39 Å². The summed E-state index contributed by atoms with van der Waals surface area (Å²) in [6.07, 6.45) is 0.835. The number of hydrogen-bond donors (Lipinski definition) is 2. The lowest BCUT2D eigenvalue weighted by Gasteiger charge is -2.33. The lowest BCUT2D eigenvalue weighted by molar-refractivity contribution is -0.149. The lowest BCUT2D eigenvalue weighted by Crippen LogP contribution is -2.53. The van der Waals surface area contributed by atoms with Gasteiger partial charge in [-0.05, 0) is 38.8 Å². The highest BCUT2D eigenvalue weighted by molar-refractivity contribution is 6.00. The summed E-state index contributed by atoms with van der Waals surface area (Å²) in [6.45, 7) is 3.28. The standard InChI is InChI=1S/C17H21FN2O4/c1-17(2,16(23)24)10-14(21)19-12-7-5-9-20(15(12)22)13-8-4-3-6-11(13)18/h3-4,6,8,12H,5,7,9-10H2,1-2H3,(H,19,21)(H,23,24). The van der Waals surface area contributed by atoms with Gasteiger partial charge in [-0.2, -0.15) is 0 Å². The highest BCUT2D eigenvalue weighted by Crippen LogP contribution is 2.25. The van der Waals surface area contributed by atoms with Gasteiger partial charge in [0.25, 0.3) is 0 Å². The summed E-state index contributed by atoms with van der Waals surface area (Å²) >= 11 is 0. The first-order chi connectivity index (χ1) is 11.2. The molecule has 1 aromatic carbocycles. The van der Waals surface area contributed by atoms with Crippen molar-refractivity contribution in [2.24, 2.45) is 5.41 Å². The van der Waals surface area contributed by atoms with Crippen molar-refractivity contribution in [3.63, 3.8) is 0 Å². The average Bonchev–Trinajstić information content (AvgIpc) is 2.49. The molecular formula is C17H21FN2O4. The summed E-state index contributed by atoms with van der Waals surface area (Å²) < 4.78 is 13.9. The maximum Gasteiger partial charge on any atom is 0.309 e. The number of halogens is 1. The van der Waals surface area contributed by atoms with Gasteiger partial charge in [0.15, 0.2) is 0 Å². The molecule has 1 aliphatic heterocycles. The fourth-order valence-corrected chi connectivity index (χ4v) is 2.64.